The van der Waals surface area contributed by atoms with Crippen LogP contribution in [-0.2, 0) is 4.74 Å². The Kier molecular flexibility index (Phi) is 8.20. The molecule has 0 saturated heterocycles. The summed E-state index contributed by atoms with van der Waals surface area (Å²) in [6.07, 6.45) is 2.64. The average molecular weight is 202 g/mol. The summed E-state index contributed by atoms with van der Waals surface area (Å²) >= 11 is 0. The number of nitrogens with zero attached hydrogens (tertiary/aromatic N) is 1. The second kappa shape index (κ2) is 8.25. The summed E-state index contributed by atoms with van der Waals surface area (Å²) in [5.74, 6) is 0. The maximum atomic E-state index is 5.46. The molecule has 0 rings (SSSR count). The largest absolute Gasteiger partial charge is 0.376 e. The Hall–Kier alpha value is -0.0800. The van der Waals surface area contributed by atoms with Gasteiger partial charge in [0.2, 0.25) is 0 Å². The zero-order valence-electron chi connectivity index (χ0n) is 10.5. The summed E-state index contributed by atoms with van der Waals surface area (Å²) in [4.78, 5) is 0. The van der Waals surface area contributed by atoms with Crippen molar-refractivity contribution in [1.29, 1.82) is 0 Å². The Bertz CT molecular complexity index is 121. The van der Waals surface area contributed by atoms with E-state index in [-0.39, 0.29) is 0 Å². The van der Waals surface area contributed by atoms with E-state index in [0.29, 0.717) is 0 Å². The van der Waals surface area contributed by atoms with Gasteiger partial charge in [0, 0.05) is 6.61 Å². The molecule has 86 valence electrons. The topological polar surface area (TPSA) is 9.23 Å². The van der Waals surface area contributed by atoms with Gasteiger partial charge in [0.25, 0.3) is 0 Å². The first-order valence-electron chi connectivity index (χ1n) is 6.17. The molecule has 2 heteroatoms. The van der Waals surface area contributed by atoms with E-state index < -0.39 is 0 Å². The number of unbranched alkanes of at least 4 members (excludes halogenated alkanes) is 1. The molecule has 2 nitrogen and oxygen atoms in total. The van der Waals surface area contributed by atoms with E-state index in [4.69, 9.17) is 4.74 Å². The normalized spacial score (nSPS) is 12.0. The van der Waals surface area contributed by atoms with Crippen LogP contribution in [0.15, 0.2) is 0 Å². The highest BCUT2D eigenvalue weighted by Crippen LogP contribution is 2.08. The summed E-state index contributed by atoms with van der Waals surface area (Å²) in [5, 5.41) is 0. The Morgan fingerprint density at radius 2 is 1.57 bits per heavy atom. The lowest BCUT2D eigenvalue weighted by molar-refractivity contribution is -0.925. The Morgan fingerprint density at radius 1 is 0.929 bits per heavy atom. The fourth-order valence-corrected chi connectivity index (χ4v) is 1.86. The van der Waals surface area contributed by atoms with E-state index in [1.54, 1.807) is 0 Å². The number of likely N-dealkylation sites (N-methyl/N-ethyl adjacent to an activating group) is 1. The second-order valence-electron chi connectivity index (χ2n) is 3.97. The minimum Gasteiger partial charge on any atom is -0.376 e. The molecule has 0 radical (unpaired) electrons. The summed E-state index contributed by atoms with van der Waals surface area (Å²) in [7, 11) is 0. The van der Waals surface area contributed by atoms with Gasteiger partial charge >= 0.3 is 0 Å². The molecule has 0 spiro atoms. The smallest absolute Gasteiger partial charge is 0.102 e. The van der Waals surface area contributed by atoms with Crippen molar-refractivity contribution in [2.24, 2.45) is 0 Å². The van der Waals surface area contributed by atoms with Crippen molar-refractivity contribution in [1.82, 2.24) is 0 Å². The van der Waals surface area contributed by atoms with Crippen LogP contribution >= 0.6 is 0 Å². The second-order valence-corrected chi connectivity index (χ2v) is 3.97. The van der Waals surface area contributed by atoms with Crippen LogP contribution in [0.2, 0.25) is 0 Å². The number of ether oxygens (including phenoxy) is 1. The van der Waals surface area contributed by atoms with Gasteiger partial charge in [-0.3, -0.25) is 0 Å². The van der Waals surface area contributed by atoms with Crippen LogP contribution in [0.1, 0.15) is 40.5 Å². The van der Waals surface area contributed by atoms with Gasteiger partial charge in [0.1, 0.15) is 6.54 Å². The molecule has 0 fully saturated rings. The SMILES string of the molecule is CCCC[N+](CC)(CC)CCOCC. The van der Waals surface area contributed by atoms with Crippen LogP contribution in [0, 0.1) is 0 Å². The van der Waals surface area contributed by atoms with Crippen molar-refractivity contribution in [2.75, 3.05) is 39.4 Å². The molecule has 0 atom stereocenters. The van der Waals surface area contributed by atoms with Crippen LogP contribution in [-0.4, -0.2) is 43.9 Å². The predicted octanol–water partition coefficient (Wildman–Crippen LogP) is 2.68. The molecule has 0 aromatic rings. The molecule has 14 heavy (non-hydrogen) atoms. The molecule has 0 aliphatic rings. The van der Waals surface area contributed by atoms with Crippen molar-refractivity contribution in [3.8, 4) is 0 Å². The van der Waals surface area contributed by atoms with Crippen molar-refractivity contribution in [3.05, 3.63) is 0 Å². The van der Waals surface area contributed by atoms with Gasteiger partial charge in [0.05, 0.1) is 26.2 Å². The zero-order valence-corrected chi connectivity index (χ0v) is 10.5. The van der Waals surface area contributed by atoms with E-state index in [1.165, 1.54) is 43.5 Å². The fourth-order valence-electron chi connectivity index (χ4n) is 1.86. The highest BCUT2D eigenvalue weighted by molar-refractivity contribution is 4.42. The molecule has 0 N–H and O–H groups in total. The highest BCUT2D eigenvalue weighted by atomic mass is 16.5. The monoisotopic (exact) mass is 202 g/mol. The molecule has 0 heterocycles. The van der Waals surface area contributed by atoms with Crippen LogP contribution in [0.25, 0.3) is 0 Å². The van der Waals surface area contributed by atoms with Crippen molar-refractivity contribution < 1.29 is 9.22 Å². The minimum atomic E-state index is 0.848. The maximum Gasteiger partial charge on any atom is 0.102 e. The van der Waals surface area contributed by atoms with Gasteiger partial charge in [-0.2, -0.15) is 0 Å². The van der Waals surface area contributed by atoms with E-state index >= 15 is 0 Å². The number of rotatable bonds is 9. The molecular formula is C12H28NO+. The van der Waals surface area contributed by atoms with E-state index in [2.05, 4.69) is 27.7 Å². The molecule has 0 aromatic carbocycles. The highest BCUT2D eigenvalue weighted by Gasteiger charge is 2.21. The van der Waals surface area contributed by atoms with E-state index in [1.807, 2.05) is 0 Å². The summed E-state index contributed by atoms with van der Waals surface area (Å²) in [6.45, 7) is 15.7. The third-order valence-electron chi connectivity index (χ3n) is 3.24. The summed E-state index contributed by atoms with van der Waals surface area (Å²) in [6, 6.07) is 0. The molecule has 0 aliphatic carbocycles. The molecule has 0 aromatic heterocycles. The van der Waals surface area contributed by atoms with Crippen LogP contribution in [0.5, 0.6) is 0 Å². The first-order chi connectivity index (χ1) is 6.74. The van der Waals surface area contributed by atoms with Gasteiger partial charge in [-0.15, -0.1) is 0 Å². The summed E-state index contributed by atoms with van der Waals surface area (Å²) in [5.41, 5.74) is 0. The van der Waals surface area contributed by atoms with Gasteiger partial charge in [-0.25, -0.2) is 0 Å². The number of quaternary nitrogens is 1. The van der Waals surface area contributed by atoms with Gasteiger partial charge < -0.3 is 9.22 Å². The number of hydrogen-bond acceptors (Lipinski definition) is 1. The minimum absolute atomic E-state index is 0.848. The Labute approximate surface area is 89.8 Å². The van der Waals surface area contributed by atoms with Crippen molar-refractivity contribution >= 4 is 0 Å². The fraction of sp³-hybridized carbons (Fsp3) is 1.00. The van der Waals surface area contributed by atoms with E-state index in [0.717, 1.165) is 13.2 Å². The molecule has 0 aliphatic heterocycles. The van der Waals surface area contributed by atoms with Crippen molar-refractivity contribution in [3.63, 3.8) is 0 Å². The number of hydrogen-bond donors (Lipinski definition) is 0. The third-order valence-corrected chi connectivity index (χ3v) is 3.24. The maximum absolute atomic E-state index is 5.46. The third kappa shape index (κ3) is 4.97. The summed E-state index contributed by atoms with van der Waals surface area (Å²) < 4.78 is 6.69. The van der Waals surface area contributed by atoms with Gasteiger partial charge in [0.15, 0.2) is 0 Å². The first-order valence-corrected chi connectivity index (χ1v) is 6.17. The molecule has 0 unspecified atom stereocenters. The quantitative estimate of drug-likeness (QED) is 0.412. The van der Waals surface area contributed by atoms with Crippen LogP contribution in [0.3, 0.4) is 0 Å². The van der Waals surface area contributed by atoms with Crippen LogP contribution < -0.4 is 0 Å². The van der Waals surface area contributed by atoms with Gasteiger partial charge in [-0.05, 0) is 27.2 Å². The van der Waals surface area contributed by atoms with E-state index in [9.17, 15) is 0 Å². The van der Waals surface area contributed by atoms with Gasteiger partial charge in [-0.1, -0.05) is 13.3 Å². The standard InChI is InChI=1S/C12H28NO/c1-5-9-10-13(6-2,7-3)11-12-14-8-4/h5-12H2,1-4H3/q+1. The lowest BCUT2D eigenvalue weighted by atomic mass is 10.2. The molecule has 0 amide bonds. The van der Waals surface area contributed by atoms with Crippen molar-refractivity contribution in [2.45, 2.75) is 40.5 Å². The predicted molar refractivity (Wildman–Crippen MR) is 62.5 cm³/mol. The molecular weight excluding hydrogens is 174 g/mol. The molecule has 0 bridgehead atoms. The lowest BCUT2D eigenvalue weighted by Gasteiger charge is -2.36. The first kappa shape index (κ1) is 13.9. The zero-order chi connectivity index (χ0) is 10.9. The lowest BCUT2D eigenvalue weighted by Crippen LogP contribution is -2.50. The average Bonchev–Trinajstić information content (AvgIpc) is 2.24. The Balaban J connectivity index is 3.94. The van der Waals surface area contributed by atoms with Crippen LogP contribution in [0.4, 0.5) is 0 Å². The molecule has 0 saturated carbocycles. The Morgan fingerprint density at radius 3 is 2.00 bits per heavy atom.